The third kappa shape index (κ3) is 3.66. The van der Waals surface area contributed by atoms with Crippen LogP contribution in [0.15, 0.2) is 36.5 Å². The highest BCUT2D eigenvalue weighted by atomic mass is 16.5. The highest BCUT2D eigenvalue weighted by Crippen LogP contribution is 2.30. The molecule has 0 aliphatic carbocycles. The number of aromatic amines is 1. The number of H-pyrrole nitrogens is 1. The van der Waals surface area contributed by atoms with Gasteiger partial charge in [-0.25, -0.2) is 0 Å². The van der Waals surface area contributed by atoms with Gasteiger partial charge in [0.2, 0.25) is 0 Å². The van der Waals surface area contributed by atoms with Crippen molar-refractivity contribution in [2.75, 3.05) is 38.2 Å². The van der Waals surface area contributed by atoms with Gasteiger partial charge in [-0.2, -0.15) is 5.10 Å². The van der Waals surface area contributed by atoms with E-state index in [9.17, 15) is 0 Å². The number of ether oxygens (including phenoxy) is 1. The molecule has 2 aliphatic heterocycles. The molecule has 134 valence electrons. The van der Waals surface area contributed by atoms with E-state index in [4.69, 9.17) is 4.74 Å². The third-order valence-corrected chi connectivity index (χ3v) is 5.81. The van der Waals surface area contributed by atoms with Gasteiger partial charge in [-0.15, -0.1) is 0 Å². The lowest BCUT2D eigenvalue weighted by Crippen LogP contribution is -2.48. The number of nitrogens with zero attached hydrogens (tertiary/aromatic N) is 3. The van der Waals surface area contributed by atoms with Crippen molar-refractivity contribution in [2.45, 2.75) is 37.6 Å². The van der Waals surface area contributed by atoms with E-state index in [1.54, 1.807) is 7.11 Å². The quantitative estimate of drug-likeness (QED) is 0.928. The van der Waals surface area contributed by atoms with Crippen LogP contribution in [0.2, 0.25) is 0 Å². The largest absolute Gasteiger partial charge is 0.497 e. The van der Waals surface area contributed by atoms with E-state index in [1.807, 2.05) is 12.3 Å². The van der Waals surface area contributed by atoms with Crippen LogP contribution in [0.4, 0.5) is 5.69 Å². The molecule has 5 nitrogen and oxygen atoms in total. The zero-order valence-corrected chi connectivity index (χ0v) is 15.0. The van der Waals surface area contributed by atoms with E-state index < -0.39 is 0 Å². The van der Waals surface area contributed by atoms with Crippen molar-refractivity contribution in [1.82, 2.24) is 15.1 Å². The Morgan fingerprint density at radius 2 is 2.00 bits per heavy atom. The first-order valence-electron chi connectivity index (χ1n) is 9.46. The summed E-state index contributed by atoms with van der Waals surface area (Å²) in [5, 5.41) is 7.31. The number of methoxy groups -OCH3 is 1. The van der Waals surface area contributed by atoms with Gasteiger partial charge in [0.15, 0.2) is 0 Å². The number of hydrogen-bond donors (Lipinski definition) is 1. The molecule has 0 saturated carbocycles. The first kappa shape index (κ1) is 16.5. The molecule has 4 rings (SSSR count). The summed E-state index contributed by atoms with van der Waals surface area (Å²) in [6.07, 6.45) is 6.93. The van der Waals surface area contributed by atoms with Gasteiger partial charge in [0.1, 0.15) is 5.75 Å². The van der Waals surface area contributed by atoms with Gasteiger partial charge in [-0.1, -0.05) is 6.07 Å². The molecule has 25 heavy (non-hydrogen) atoms. The number of piperidine rings is 2. The topological polar surface area (TPSA) is 44.4 Å². The molecule has 1 atom stereocenters. The van der Waals surface area contributed by atoms with Crippen molar-refractivity contribution in [3.8, 4) is 5.75 Å². The van der Waals surface area contributed by atoms with E-state index in [0.717, 1.165) is 18.8 Å². The molecule has 2 saturated heterocycles. The molecule has 2 aromatic rings. The Balaban J connectivity index is 1.35. The maximum absolute atomic E-state index is 5.37. The maximum atomic E-state index is 5.37. The molecule has 0 spiro atoms. The molecule has 0 amide bonds. The minimum absolute atomic E-state index is 0.618. The molecule has 2 fully saturated rings. The maximum Gasteiger partial charge on any atom is 0.120 e. The van der Waals surface area contributed by atoms with Gasteiger partial charge in [-0.3, -0.25) is 10.00 Å². The smallest absolute Gasteiger partial charge is 0.120 e. The van der Waals surface area contributed by atoms with E-state index in [1.165, 1.54) is 50.2 Å². The summed E-state index contributed by atoms with van der Waals surface area (Å²) in [5.41, 5.74) is 2.59. The van der Waals surface area contributed by atoms with E-state index >= 15 is 0 Å². The van der Waals surface area contributed by atoms with Crippen LogP contribution >= 0.6 is 0 Å². The van der Waals surface area contributed by atoms with Gasteiger partial charge in [0.05, 0.1) is 7.11 Å². The number of rotatable bonds is 4. The van der Waals surface area contributed by atoms with E-state index in [2.05, 4.69) is 44.3 Å². The van der Waals surface area contributed by atoms with Crippen LogP contribution in [0, 0.1) is 0 Å². The van der Waals surface area contributed by atoms with Gasteiger partial charge < -0.3 is 9.64 Å². The predicted octanol–water partition coefficient (Wildman–Crippen LogP) is 3.27. The zero-order valence-electron chi connectivity index (χ0n) is 15.0. The molecular formula is C20H28N4O. The second-order valence-corrected chi connectivity index (χ2v) is 7.27. The average molecular weight is 340 g/mol. The number of aromatic nitrogens is 2. The Hall–Kier alpha value is -2.01. The number of likely N-dealkylation sites (tertiary alicyclic amines) is 1. The highest BCUT2D eigenvalue weighted by molar-refractivity contribution is 5.51. The summed E-state index contributed by atoms with van der Waals surface area (Å²) in [7, 11) is 1.73. The fourth-order valence-corrected chi connectivity index (χ4v) is 4.38. The Bertz CT molecular complexity index is 664. The summed E-state index contributed by atoms with van der Waals surface area (Å²) < 4.78 is 5.37. The normalized spacial score (nSPS) is 22.9. The summed E-state index contributed by atoms with van der Waals surface area (Å²) in [4.78, 5) is 5.22. The predicted molar refractivity (Wildman–Crippen MR) is 100 cm³/mol. The molecular weight excluding hydrogens is 312 g/mol. The Kier molecular flexibility index (Phi) is 4.92. The van der Waals surface area contributed by atoms with Crippen LogP contribution in [-0.2, 0) is 0 Å². The van der Waals surface area contributed by atoms with Gasteiger partial charge >= 0.3 is 0 Å². The summed E-state index contributed by atoms with van der Waals surface area (Å²) in [6, 6.07) is 11.3. The SMILES string of the molecule is COc1cccc(N2CCC(N3CCCC(c4ccn[nH]4)C3)CC2)c1. The minimum atomic E-state index is 0.618. The van der Waals surface area contributed by atoms with Crippen molar-refractivity contribution in [3.05, 3.63) is 42.2 Å². The van der Waals surface area contributed by atoms with Crippen molar-refractivity contribution >= 4 is 5.69 Å². The monoisotopic (exact) mass is 340 g/mol. The molecule has 0 radical (unpaired) electrons. The van der Waals surface area contributed by atoms with Gasteiger partial charge in [-0.05, 0) is 50.4 Å². The molecule has 5 heteroatoms. The van der Waals surface area contributed by atoms with Crippen molar-refractivity contribution in [1.29, 1.82) is 0 Å². The Morgan fingerprint density at radius 3 is 2.76 bits per heavy atom. The highest BCUT2D eigenvalue weighted by Gasteiger charge is 2.30. The third-order valence-electron chi connectivity index (χ3n) is 5.81. The second kappa shape index (κ2) is 7.48. The minimum Gasteiger partial charge on any atom is -0.497 e. The number of hydrogen-bond acceptors (Lipinski definition) is 4. The van der Waals surface area contributed by atoms with Gasteiger partial charge in [0.25, 0.3) is 0 Å². The molecule has 1 aromatic heterocycles. The zero-order chi connectivity index (χ0) is 17.1. The van der Waals surface area contributed by atoms with Crippen LogP contribution in [0.25, 0.3) is 0 Å². The molecule has 1 unspecified atom stereocenters. The molecule has 3 heterocycles. The fourth-order valence-electron chi connectivity index (χ4n) is 4.38. The van der Waals surface area contributed by atoms with Crippen LogP contribution in [-0.4, -0.2) is 54.4 Å². The number of nitrogens with one attached hydrogen (secondary N) is 1. The molecule has 1 N–H and O–H groups in total. The average Bonchev–Trinajstić information content (AvgIpc) is 3.23. The first-order valence-corrected chi connectivity index (χ1v) is 9.46. The van der Waals surface area contributed by atoms with Crippen LogP contribution in [0.5, 0.6) is 5.75 Å². The Labute approximate surface area is 150 Å². The fraction of sp³-hybridized carbons (Fsp3) is 0.550. The standard InChI is InChI=1S/C20H28N4O/c1-25-19-6-2-5-18(14-19)23-12-8-17(9-13-23)24-11-3-4-16(15-24)20-7-10-21-22-20/h2,5-7,10,14,16-17H,3-4,8-9,11-13,15H2,1H3,(H,21,22). The van der Waals surface area contributed by atoms with Gasteiger partial charge in [0, 0.05) is 55.2 Å². The second-order valence-electron chi connectivity index (χ2n) is 7.27. The lowest BCUT2D eigenvalue weighted by Gasteiger charge is -2.42. The van der Waals surface area contributed by atoms with Crippen molar-refractivity contribution < 1.29 is 4.74 Å². The Morgan fingerprint density at radius 1 is 1.12 bits per heavy atom. The number of anilines is 1. The van der Waals surface area contributed by atoms with Crippen LogP contribution in [0.1, 0.15) is 37.3 Å². The summed E-state index contributed by atoms with van der Waals surface area (Å²) in [5.74, 6) is 1.56. The number of benzene rings is 1. The molecule has 0 bridgehead atoms. The van der Waals surface area contributed by atoms with Crippen molar-refractivity contribution in [2.24, 2.45) is 0 Å². The van der Waals surface area contributed by atoms with Crippen LogP contribution < -0.4 is 9.64 Å². The van der Waals surface area contributed by atoms with Crippen LogP contribution in [0.3, 0.4) is 0 Å². The molecule has 1 aromatic carbocycles. The van der Waals surface area contributed by atoms with E-state index in [0.29, 0.717) is 12.0 Å². The summed E-state index contributed by atoms with van der Waals surface area (Å²) >= 11 is 0. The van der Waals surface area contributed by atoms with Crippen molar-refractivity contribution in [3.63, 3.8) is 0 Å². The molecule has 2 aliphatic rings. The first-order chi connectivity index (χ1) is 12.3. The summed E-state index contributed by atoms with van der Waals surface area (Å²) in [6.45, 7) is 4.67. The lowest BCUT2D eigenvalue weighted by atomic mass is 9.92. The lowest BCUT2D eigenvalue weighted by molar-refractivity contribution is 0.127. The van der Waals surface area contributed by atoms with E-state index in [-0.39, 0.29) is 0 Å².